The standard InChI is InChI=1S/C21H28N4O2/c1-15(2)26-19-9-7-17(8-10-19)25-21(22)24-14-16-11-12-23-20(13-16)27-18-5-3-4-6-18/h7-13,15,18H,3-6,14H2,1-2H3,(H3,22,24,25). The Morgan fingerprint density at radius 2 is 1.96 bits per heavy atom. The molecule has 1 aliphatic carbocycles. The normalized spacial score (nSPS) is 15.1. The number of pyridine rings is 1. The fourth-order valence-electron chi connectivity index (χ4n) is 3.04. The van der Waals surface area contributed by atoms with Gasteiger partial charge in [-0.3, -0.25) is 0 Å². The molecule has 0 radical (unpaired) electrons. The van der Waals surface area contributed by atoms with Crippen molar-refractivity contribution >= 4 is 11.6 Å². The van der Waals surface area contributed by atoms with Gasteiger partial charge in [0.05, 0.1) is 12.6 Å². The van der Waals surface area contributed by atoms with Gasteiger partial charge >= 0.3 is 0 Å². The van der Waals surface area contributed by atoms with Crippen molar-refractivity contribution < 1.29 is 9.47 Å². The molecular weight excluding hydrogens is 340 g/mol. The number of nitrogens with zero attached hydrogens (tertiary/aromatic N) is 2. The maximum absolute atomic E-state index is 6.00. The average Bonchev–Trinajstić information content (AvgIpc) is 3.15. The van der Waals surface area contributed by atoms with Gasteiger partial charge in [0.1, 0.15) is 11.9 Å². The quantitative estimate of drug-likeness (QED) is 0.567. The highest BCUT2D eigenvalue weighted by atomic mass is 16.5. The molecule has 0 aliphatic heterocycles. The summed E-state index contributed by atoms with van der Waals surface area (Å²) in [6, 6.07) is 11.5. The Morgan fingerprint density at radius 3 is 2.67 bits per heavy atom. The van der Waals surface area contributed by atoms with Crippen LogP contribution >= 0.6 is 0 Å². The first-order valence-corrected chi connectivity index (χ1v) is 9.54. The lowest BCUT2D eigenvalue weighted by molar-refractivity contribution is 0.201. The second-order valence-corrected chi connectivity index (χ2v) is 7.04. The van der Waals surface area contributed by atoms with E-state index in [0.717, 1.165) is 29.8 Å². The summed E-state index contributed by atoms with van der Waals surface area (Å²) in [7, 11) is 0. The molecule has 1 aromatic carbocycles. The number of ether oxygens (including phenoxy) is 2. The summed E-state index contributed by atoms with van der Waals surface area (Å²) in [6.07, 6.45) is 6.91. The van der Waals surface area contributed by atoms with Gasteiger partial charge in [0.2, 0.25) is 5.88 Å². The zero-order chi connectivity index (χ0) is 19.1. The Kier molecular flexibility index (Phi) is 6.52. The molecule has 1 fully saturated rings. The Morgan fingerprint density at radius 1 is 1.22 bits per heavy atom. The van der Waals surface area contributed by atoms with Crippen molar-refractivity contribution in [3.05, 3.63) is 48.2 Å². The molecule has 0 amide bonds. The number of anilines is 1. The molecule has 1 aromatic heterocycles. The molecule has 3 rings (SSSR count). The van der Waals surface area contributed by atoms with Crippen molar-refractivity contribution in [1.29, 1.82) is 0 Å². The van der Waals surface area contributed by atoms with Crippen molar-refractivity contribution in [2.24, 2.45) is 10.7 Å². The largest absolute Gasteiger partial charge is 0.491 e. The van der Waals surface area contributed by atoms with Gasteiger partial charge in [0, 0.05) is 18.0 Å². The third-order valence-electron chi connectivity index (χ3n) is 4.32. The van der Waals surface area contributed by atoms with E-state index in [4.69, 9.17) is 15.2 Å². The predicted octanol–water partition coefficient (Wildman–Crippen LogP) is 4.12. The van der Waals surface area contributed by atoms with Crippen LogP contribution in [0.5, 0.6) is 11.6 Å². The van der Waals surface area contributed by atoms with Gasteiger partial charge in [-0.1, -0.05) is 0 Å². The second kappa shape index (κ2) is 9.26. The third kappa shape index (κ3) is 6.16. The number of nitrogens with one attached hydrogen (secondary N) is 1. The van der Waals surface area contributed by atoms with E-state index < -0.39 is 0 Å². The molecule has 3 N–H and O–H groups in total. The fraction of sp³-hybridized carbons (Fsp3) is 0.429. The molecule has 0 atom stereocenters. The summed E-state index contributed by atoms with van der Waals surface area (Å²) < 4.78 is 11.6. The molecule has 0 spiro atoms. The smallest absolute Gasteiger partial charge is 0.213 e. The van der Waals surface area contributed by atoms with E-state index in [1.165, 1.54) is 12.8 Å². The van der Waals surface area contributed by atoms with Crippen LogP contribution in [0.3, 0.4) is 0 Å². The summed E-state index contributed by atoms with van der Waals surface area (Å²) in [5.74, 6) is 1.86. The van der Waals surface area contributed by atoms with Crippen molar-refractivity contribution in [2.45, 2.75) is 58.3 Å². The molecular formula is C21H28N4O2. The molecule has 0 bridgehead atoms. The van der Waals surface area contributed by atoms with Crippen molar-refractivity contribution in [3.63, 3.8) is 0 Å². The maximum Gasteiger partial charge on any atom is 0.213 e. The van der Waals surface area contributed by atoms with Crippen LogP contribution in [0.25, 0.3) is 0 Å². The molecule has 1 saturated carbocycles. The summed E-state index contributed by atoms with van der Waals surface area (Å²) >= 11 is 0. The number of rotatable bonds is 7. The van der Waals surface area contributed by atoms with Gasteiger partial charge in [-0.15, -0.1) is 0 Å². The first-order chi connectivity index (χ1) is 13.1. The number of guanidine groups is 1. The average molecular weight is 368 g/mol. The molecule has 27 heavy (non-hydrogen) atoms. The fourth-order valence-corrected chi connectivity index (χ4v) is 3.04. The Bertz CT molecular complexity index is 753. The number of hydrogen-bond acceptors (Lipinski definition) is 4. The van der Waals surface area contributed by atoms with Gasteiger partial charge < -0.3 is 20.5 Å². The van der Waals surface area contributed by atoms with Gasteiger partial charge in [-0.2, -0.15) is 0 Å². The topological polar surface area (TPSA) is 81.8 Å². The molecule has 2 aromatic rings. The van der Waals surface area contributed by atoms with E-state index in [0.29, 0.717) is 24.5 Å². The molecule has 0 saturated heterocycles. The summed E-state index contributed by atoms with van der Waals surface area (Å²) in [6.45, 7) is 4.47. The van der Waals surface area contributed by atoms with Crippen LogP contribution in [0.2, 0.25) is 0 Å². The minimum Gasteiger partial charge on any atom is -0.491 e. The van der Waals surface area contributed by atoms with Crippen molar-refractivity contribution in [2.75, 3.05) is 5.32 Å². The number of aliphatic imine (C=N–C) groups is 1. The van der Waals surface area contributed by atoms with Crippen molar-refractivity contribution in [3.8, 4) is 11.6 Å². The zero-order valence-electron chi connectivity index (χ0n) is 16.0. The molecule has 144 valence electrons. The Balaban J connectivity index is 1.53. The number of aromatic nitrogens is 1. The van der Waals surface area contributed by atoms with E-state index in [-0.39, 0.29) is 6.10 Å². The van der Waals surface area contributed by atoms with Crippen LogP contribution < -0.4 is 20.5 Å². The number of nitrogens with two attached hydrogens (primary N) is 1. The van der Waals surface area contributed by atoms with E-state index in [1.807, 2.05) is 50.2 Å². The van der Waals surface area contributed by atoms with Crippen LogP contribution in [0.4, 0.5) is 5.69 Å². The Labute approximate surface area is 160 Å². The molecule has 6 nitrogen and oxygen atoms in total. The molecule has 1 aliphatic rings. The van der Waals surface area contributed by atoms with Crippen LogP contribution in [0, 0.1) is 0 Å². The van der Waals surface area contributed by atoms with Crippen LogP contribution in [-0.2, 0) is 6.54 Å². The summed E-state index contributed by atoms with van der Waals surface area (Å²) in [4.78, 5) is 8.70. The van der Waals surface area contributed by atoms with Gasteiger partial charge in [-0.05, 0) is 75.4 Å². The third-order valence-corrected chi connectivity index (χ3v) is 4.32. The van der Waals surface area contributed by atoms with Crippen LogP contribution in [-0.4, -0.2) is 23.2 Å². The van der Waals surface area contributed by atoms with Crippen LogP contribution in [0.15, 0.2) is 47.6 Å². The van der Waals surface area contributed by atoms with E-state index >= 15 is 0 Å². The van der Waals surface area contributed by atoms with Gasteiger partial charge in [0.15, 0.2) is 5.96 Å². The number of benzene rings is 1. The lowest BCUT2D eigenvalue weighted by Crippen LogP contribution is -2.22. The van der Waals surface area contributed by atoms with E-state index in [2.05, 4.69) is 15.3 Å². The first kappa shape index (κ1) is 19.0. The van der Waals surface area contributed by atoms with Crippen molar-refractivity contribution in [1.82, 2.24) is 4.98 Å². The highest BCUT2D eigenvalue weighted by Crippen LogP contribution is 2.23. The summed E-state index contributed by atoms with van der Waals surface area (Å²) in [5, 5.41) is 3.09. The monoisotopic (exact) mass is 368 g/mol. The first-order valence-electron chi connectivity index (χ1n) is 9.54. The summed E-state index contributed by atoms with van der Waals surface area (Å²) in [5.41, 5.74) is 7.89. The number of hydrogen-bond donors (Lipinski definition) is 2. The zero-order valence-corrected chi connectivity index (χ0v) is 16.0. The minimum atomic E-state index is 0.151. The SMILES string of the molecule is CC(C)Oc1ccc(NC(N)=NCc2ccnc(OC3CCCC3)c2)cc1. The Hall–Kier alpha value is -2.76. The molecule has 0 unspecified atom stereocenters. The van der Waals surface area contributed by atoms with E-state index in [1.54, 1.807) is 6.20 Å². The maximum atomic E-state index is 6.00. The lowest BCUT2D eigenvalue weighted by Gasteiger charge is -2.12. The van der Waals surface area contributed by atoms with Gasteiger partial charge in [-0.25, -0.2) is 9.98 Å². The highest BCUT2D eigenvalue weighted by molar-refractivity contribution is 5.92. The molecule has 6 heteroatoms. The lowest BCUT2D eigenvalue weighted by atomic mass is 10.2. The van der Waals surface area contributed by atoms with E-state index in [9.17, 15) is 0 Å². The van der Waals surface area contributed by atoms with Crippen LogP contribution in [0.1, 0.15) is 45.1 Å². The predicted molar refractivity (Wildman–Crippen MR) is 108 cm³/mol. The minimum absolute atomic E-state index is 0.151. The second-order valence-electron chi connectivity index (χ2n) is 7.04. The van der Waals surface area contributed by atoms with Gasteiger partial charge in [0.25, 0.3) is 0 Å². The highest BCUT2D eigenvalue weighted by Gasteiger charge is 2.16. The molecule has 1 heterocycles.